The first kappa shape index (κ1) is 15.2. The molecule has 0 bridgehead atoms. The second kappa shape index (κ2) is 8.90. The Morgan fingerprint density at radius 1 is 1.26 bits per heavy atom. The fourth-order valence-electron chi connectivity index (χ4n) is 3.03. The molecule has 4 nitrogen and oxygen atoms in total. The molecule has 2 aliphatic heterocycles. The summed E-state index contributed by atoms with van der Waals surface area (Å²) < 4.78 is 11.5. The highest BCUT2D eigenvalue weighted by molar-refractivity contribution is 4.69. The van der Waals surface area contributed by atoms with E-state index >= 15 is 0 Å². The van der Waals surface area contributed by atoms with Crippen LogP contribution in [0.5, 0.6) is 0 Å². The minimum Gasteiger partial charge on any atom is -0.381 e. The SMILES string of the molecule is CN(CCCOC1CCNCC1)CC1CCCOC1. The summed E-state index contributed by atoms with van der Waals surface area (Å²) in [6, 6.07) is 0. The zero-order valence-corrected chi connectivity index (χ0v) is 12.4. The van der Waals surface area contributed by atoms with Crippen molar-refractivity contribution in [3.05, 3.63) is 0 Å². The summed E-state index contributed by atoms with van der Waals surface area (Å²) in [4.78, 5) is 2.44. The third kappa shape index (κ3) is 6.21. The molecule has 1 unspecified atom stereocenters. The van der Waals surface area contributed by atoms with Crippen LogP contribution in [0.3, 0.4) is 0 Å². The molecule has 0 aromatic heterocycles. The molecule has 2 fully saturated rings. The van der Waals surface area contributed by atoms with Crippen LogP contribution in [0.1, 0.15) is 32.1 Å². The van der Waals surface area contributed by atoms with Crippen LogP contribution >= 0.6 is 0 Å². The molecule has 0 aliphatic carbocycles. The van der Waals surface area contributed by atoms with Gasteiger partial charge in [-0.2, -0.15) is 0 Å². The standard InChI is InChI=1S/C15H30N2O2/c1-17(12-14-4-2-10-18-13-14)9-3-11-19-15-5-7-16-8-6-15/h14-16H,2-13H2,1H3. The molecular formula is C15H30N2O2. The van der Waals surface area contributed by atoms with Gasteiger partial charge in [-0.1, -0.05) is 0 Å². The van der Waals surface area contributed by atoms with Gasteiger partial charge >= 0.3 is 0 Å². The smallest absolute Gasteiger partial charge is 0.0599 e. The van der Waals surface area contributed by atoms with E-state index in [-0.39, 0.29) is 0 Å². The minimum absolute atomic E-state index is 0.498. The van der Waals surface area contributed by atoms with Gasteiger partial charge in [0.1, 0.15) is 0 Å². The molecule has 2 heterocycles. The third-order valence-corrected chi connectivity index (χ3v) is 4.15. The monoisotopic (exact) mass is 270 g/mol. The maximum Gasteiger partial charge on any atom is 0.0599 e. The summed E-state index contributed by atoms with van der Waals surface area (Å²) in [5.41, 5.74) is 0. The average molecular weight is 270 g/mol. The minimum atomic E-state index is 0.498. The molecule has 2 saturated heterocycles. The van der Waals surface area contributed by atoms with E-state index in [1.165, 1.54) is 32.2 Å². The van der Waals surface area contributed by atoms with E-state index in [4.69, 9.17) is 9.47 Å². The van der Waals surface area contributed by atoms with Crippen molar-refractivity contribution in [3.63, 3.8) is 0 Å². The lowest BCUT2D eigenvalue weighted by molar-refractivity contribution is 0.0232. The van der Waals surface area contributed by atoms with Gasteiger partial charge in [0.25, 0.3) is 0 Å². The number of hydrogen-bond acceptors (Lipinski definition) is 4. The Kier molecular flexibility index (Phi) is 7.14. The lowest BCUT2D eigenvalue weighted by Crippen LogP contribution is -2.34. The molecule has 2 aliphatic rings. The predicted octanol–water partition coefficient (Wildman–Crippen LogP) is 1.50. The Morgan fingerprint density at radius 2 is 2.11 bits per heavy atom. The van der Waals surface area contributed by atoms with Crippen molar-refractivity contribution in [2.24, 2.45) is 5.92 Å². The van der Waals surface area contributed by atoms with Crippen molar-refractivity contribution >= 4 is 0 Å². The molecule has 0 saturated carbocycles. The van der Waals surface area contributed by atoms with E-state index in [0.29, 0.717) is 6.10 Å². The van der Waals surface area contributed by atoms with Crippen LogP contribution in [0.25, 0.3) is 0 Å². The van der Waals surface area contributed by atoms with Gasteiger partial charge in [0.2, 0.25) is 0 Å². The van der Waals surface area contributed by atoms with E-state index in [1.807, 2.05) is 0 Å². The van der Waals surface area contributed by atoms with Crippen molar-refractivity contribution in [1.29, 1.82) is 0 Å². The van der Waals surface area contributed by atoms with Crippen molar-refractivity contribution in [2.75, 3.05) is 53.0 Å². The second-order valence-corrected chi connectivity index (χ2v) is 6.02. The van der Waals surface area contributed by atoms with E-state index in [1.54, 1.807) is 0 Å². The van der Waals surface area contributed by atoms with Gasteiger partial charge < -0.3 is 19.7 Å². The van der Waals surface area contributed by atoms with Crippen molar-refractivity contribution in [3.8, 4) is 0 Å². The second-order valence-electron chi connectivity index (χ2n) is 6.02. The molecule has 0 spiro atoms. The number of hydrogen-bond donors (Lipinski definition) is 1. The van der Waals surface area contributed by atoms with E-state index < -0.39 is 0 Å². The Hall–Kier alpha value is -0.160. The van der Waals surface area contributed by atoms with Gasteiger partial charge in [0.05, 0.1) is 12.7 Å². The van der Waals surface area contributed by atoms with Gasteiger partial charge in [0, 0.05) is 26.3 Å². The van der Waals surface area contributed by atoms with Crippen LogP contribution < -0.4 is 5.32 Å². The molecule has 1 N–H and O–H groups in total. The summed E-state index contributed by atoms with van der Waals surface area (Å²) in [6.45, 7) is 7.38. The van der Waals surface area contributed by atoms with Crippen LogP contribution in [0.2, 0.25) is 0 Å². The number of nitrogens with one attached hydrogen (secondary N) is 1. The molecule has 0 amide bonds. The Balaban J connectivity index is 1.47. The molecule has 1 atom stereocenters. The van der Waals surface area contributed by atoms with Gasteiger partial charge in [-0.3, -0.25) is 0 Å². The summed E-state index contributed by atoms with van der Waals surface area (Å²) >= 11 is 0. The number of piperidine rings is 1. The molecule has 4 heteroatoms. The molecule has 0 radical (unpaired) electrons. The van der Waals surface area contributed by atoms with Crippen LogP contribution in [-0.2, 0) is 9.47 Å². The molecule has 0 aromatic carbocycles. The fraction of sp³-hybridized carbons (Fsp3) is 1.00. The summed E-state index contributed by atoms with van der Waals surface area (Å²) in [5, 5.41) is 3.37. The average Bonchev–Trinajstić information content (AvgIpc) is 2.46. The third-order valence-electron chi connectivity index (χ3n) is 4.15. The normalized spacial score (nSPS) is 25.9. The highest BCUT2D eigenvalue weighted by atomic mass is 16.5. The van der Waals surface area contributed by atoms with Gasteiger partial charge in [-0.25, -0.2) is 0 Å². The highest BCUT2D eigenvalue weighted by Gasteiger charge is 2.16. The van der Waals surface area contributed by atoms with Crippen molar-refractivity contribution in [2.45, 2.75) is 38.2 Å². The highest BCUT2D eigenvalue weighted by Crippen LogP contribution is 2.14. The van der Waals surface area contributed by atoms with Gasteiger partial charge in [-0.05, 0) is 58.2 Å². The number of rotatable bonds is 7. The molecular weight excluding hydrogens is 240 g/mol. The predicted molar refractivity (Wildman–Crippen MR) is 77.5 cm³/mol. The lowest BCUT2D eigenvalue weighted by atomic mass is 10.0. The Morgan fingerprint density at radius 3 is 2.84 bits per heavy atom. The number of ether oxygens (including phenoxy) is 2. The quantitative estimate of drug-likeness (QED) is 0.711. The van der Waals surface area contributed by atoms with E-state index in [0.717, 1.165) is 51.8 Å². The Bertz CT molecular complexity index is 226. The topological polar surface area (TPSA) is 33.7 Å². The first-order valence-electron chi connectivity index (χ1n) is 7.93. The van der Waals surface area contributed by atoms with Gasteiger partial charge in [0.15, 0.2) is 0 Å². The number of nitrogens with zero attached hydrogens (tertiary/aromatic N) is 1. The van der Waals surface area contributed by atoms with Crippen molar-refractivity contribution < 1.29 is 9.47 Å². The maximum atomic E-state index is 5.93. The van der Waals surface area contributed by atoms with Crippen LogP contribution in [0.4, 0.5) is 0 Å². The van der Waals surface area contributed by atoms with Crippen molar-refractivity contribution in [1.82, 2.24) is 10.2 Å². The first-order valence-corrected chi connectivity index (χ1v) is 7.93. The van der Waals surface area contributed by atoms with Crippen LogP contribution in [0.15, 0.2) is 0 Å². The first-order chi connectivity index (χ1) is 9.34. The summed E-state index contributed by atoms with van der Waals surface area (Å²) in [5.74, 6) is 0.740. The van der Waals surface area contributed by atoms with Gasteiger partial charge in [-0.15, -0.1) is 0 Å². The molecule has 0 aromatic rings. The molecule has 112 valence electrons. The summed E-state index contributed by atoms with van der Waals surface area (Å²) in [7, 11) is 2.22. The molecule has 19 heavy (non-hydrogen) atoms. The zero-order valence-electron chi connectivity index (χ0n) is 12.4. The molecule has 2 rings (SSSR count). The lowest BCUT2D eigenvalue weighted by Gasteiger charge is -2.27. The van der Waals surface area contributed by atoms with Crippen LogP contribution in [-0.4, -0.2) is 64.1 Å². The van der Waals surface area contributed by atoms with E-state index in [9.17, 15) is 0 Å². The van der Waals surface area contributed by atoms with E-state index in [2.05, 4.69) is 17.3 Å². The fourth-order valence-corrected chi connectivity index (χ4v) is 3.03. The largest absolute Gasteiger partial charge is 0.381 e. The van der Waals surface area contributed by atoms with Crippen LogP contribution in [0, 0.1) is 5.92 Å². The Labute approximate surface area is 117 Å². The summed E-state index contributed by atoms with van der Waals surface area (Å²) in [6.07, 6.45) is 6.56. The maximum absolute atomic E-state index is 5.93. The zero-order chi connectivity index (χ0) is 13.3.